The molecule has 2 nitrogen and oxygen atoms in total. The Morgan fingerprint density at radius 3 is 2.67 bits per heavy atom. The molecule has 0 saturated carbocycles. The Labute approximate surface area is 128 Å². The Morgan fingerprint density at radius 2 is 2.10 bits per heavy atom. The van der Waals surface area contributed by atoms with Crippen LogP contribution in [-0.4, -0.2) is 23.6 Å². The van der Waals surface area contributed by atoms with Crippen LogP contribution in [0.4, 0.5) is 23.2 Å². The predicted octanol–water partition coefficient (Wildman–Crippen LogP) is 4.44. The Morgan fingerprint density at radius 1 is 1.38 bits per heavy atom. The van der Waals surface area contributed by atoms with E-state index in [0.29, 0.717) is 27.9 Å². The van der Waals surface area contributed by atoms with Crippen LogP contribution in [-0.2, 0) is 4.74 Å². The molecule has 0 aliphatic carbocycles. The van der Waals surface area contributed by atoms with Crippen molar-refractivity contribution in [3.63, 3.8) is 0 Å². The van der Waals surface area contributed by atoms with Crippen molar-refractivity contribution in [2.75, 3.05) is 17.7 Å². The van der Waals surface area contributed by atoms with Crippen LogP contribution < -0.4 is 5.32 Å². The number of nitrogens with one attached hydrogen (secondary N) is 1. The molecule has 1 N–H and O–H groups in total. The number of thioether (sulfide) groups is 1. The molecule has 1 aromatic carbocycles. The van der Waals surface area contributed by atoms with Crippen molar-refractivity contribution in [3.8, 4) is 0 Å². The highest BCUT2D eigenvalue weighted by molar-refractivity contribution is 7.99. The summed E-state index contributed by atoms with van der Waals surface area (Å²) in [6.45, 7) is 1.76. The first-order valence-electron chi connectivity index (χ1n) is 5.88. The first kappa shape index (κ1) is 16.1. The average molecular weight is 337 g/mol. The highest BCUT2D eigenvalue weighted by atomic mass is 32.2. The molecule has 1 aliphatic rings. The van der Waals surface area contributed by atoms with Crippen LogP contribution in [0.25, 0.3) is 0 Å². The molecule has 1 heterocycles. The molecule has 0 saturated heterocycles. The second-order valence-electron chi connectivity index (χ2n) is 4.40. The van der Waals surface area contributed by atoms with Gasteiger partial charge in [0.25, 0.3) is 0 Å². The maximum Gasteiger partial charge on any atom is 0.398 e. The fourth-order valence-electron chi connectivity index (χ4n) is 1.68. The van der Waals surface area contributed by atoms with Gasteiger partial charge in [-0.15, -0.1) is 11.8 Å². The molecular formula is C13H11F4NOS2. The van der Waals surface area contributed by atoms with Crippen molar-refractivity contribution in [1.82, 2.24) is 0 Å². The third-order valence-electron chi connectivity index (χ3n) is 2.61. The summed E-state index contributed by atoms with van der Waals surface area (Å²) in [6.07, 6.45) is -2.73. The van der Waals surface area contributed by atoms with Crippen LogP contribution in [0.5, 0.6) is 0 Å². The van der Waals surface area contributed by atoms with Gasteiger partial charge in [-0.2, -0.15) is 13.2 Å². The number of aryl methyl sites for hydroxylation is 1. The monoisotopic (exact) mass is 337 g/mol. The number of hydrogen-bond donors (Lipinski definition) is 1. The van der Waals surface area contributed by atoms with E-state index >= 15 is 0 Å². The number of benzene rings is 1. The topological polar surface area (TPSA) is 21.3 Å². The van der Waals surface area contributed by atoms with Crippen LogP contribution in [0, 0.1) is 12.7 Å². The van der Waals surface area contributed by atoms with Crippen LogP contribution in [0.1, 0.15) is 5.56 Å². The molecule has 0 bridgehead atoms. The quantitative estimate of drug-likeness (QED) is 0.498. The van der Waals surface area contributed by atoms with Gasteiger partial charge in [0.2, 0.25) is 0 Å². The lowest BCUT2D eigenvalue weighted by Gasteiger charge is -2.13. The third kappa shape index (κ3) is 4.60. The lowest BCUT2D eigenvalue weighted by molar-refractivity contribution is -0.105. The van der Waals surface area contributed by atoms with E-state index in [4.69, 9.17) is 17.0 Å². The number of halogens is 4. The van der Waals surface area contributed by atoms with E-state index in [1.165, 1.54) is 18.2 Å². The SMILES string of the molecule is Cc1cc(F)c(NC2=CC(=S)OC2)cc1SCC(F)(F)F. The summed E-state index contributed by atoms with van der Waals surface area (Å²) in [5, 5.41) is 3.07. The molecule has 0 radical (unpaired) electrons. The number of thiocarbonyl (C=S) groups is 1. The van der Waals surface area contributed by atoms with E-state index in [9.17, 15) is 17.6 Å². The van der Waals surface area contributed by atoms with Gasteiger partial charge >= 0.3 is 6.18 Å². The smallest absolute Gasteiger partial charge is 0.398 e. The number of hydrogen-bond acceptors (Lipinski definition) is 4. The van der Waals surface area contributed by atoms with Crippen molar-refractivity contribution in [2.45, 2.75) is 18.0 Å². The standard InChI is InChI=1S/C13H11F4NOS2/c1-7-2-9(14)10(18-8-3-12(20)19-5-8)4-11(7)21-6-13(15,16)17/h2-4,18H,5-6H2,1H3. The molecule has 0 fully saturated rings. The Kier molecular flexibility index (Phi) is 4.77. The van der Waals surface area contributed by atoms with E-state index < -0.39 is 17.7 Å². The minimum Gasteiger partial charge on any atom is -0.477 e. The van der Waals surface area contributed by atoms with Gasteiger partial charge in [-0.3, -0.25) is 0 Å². The van der Waals surface area contributed by atoms with Crippen molar-refractivity contribution in [2.24, 2.45) is 0 Å². The molecule has 21 heavy (non-hydrogen) atoms. The van der Waals surface area contributed by atoms with Crippen LogP contribution in [0.2, 0.25) is 0 Å². The van der Waals surface area contributed by atoms with E-state index in [-0.39, 0.29) is 17.3 Å². The maximum absolute atomic E-state index is 13.9. The molecule has 0 amide bonds. The van der Waals surface area contributed by atoms with E-state index in [1.807, 2.05) is 0 Å². The van der Waals surface area contributed by atoms with Gasteiger partial charge in [0.05, 0.1) is 17.1 Å². The Balaban J connectivity index is 2.18. The summed E-state index contributed by atoms with van der Waals surface area (Å²) in [5.41, 5.74) is 1.12. The minimum atomic E-state index is -4.27. The molecule has 1 aromatic rings. The molecule has 0 atom stereocenters. The summed E-state index contributed by atoms with van der Waals surface area (Å²) in [5.74, 6) is -1.56. The van der Waals surface area contributed by atoms with Gasteiger partial charge in [-0.25, -0.2) is 4.39 Å². The Bertz CT molecular complexity index is 599. The average Bonchev–Trinajstić information content (AvgIpc) is 2.76. The minimum absolute atomic E-state index is 0.102. The molecule has 1 aliphatic heterocycles. The normalized spacial score (nSPS) is 14.9. The molecular weight excluding hydrogens is 326 g/mol. The second kappa shape index (κ2) is 6.23. The number of rotatable bonds is 4. The third-order valence-corrected chi connectivity index (χ3v) is 4.07. The van der Waals surface area contributed by atoms with Crippen molar-refractivity contribution >= 4 is 34.7 Å². The van der Waals surface area contributed by atoms with Crippen molar-refractivity contribution in [3.05, 3.63) is 35.3 Å². The summed E-state index contributed by atoms with van der Waals surface area (Å²) < 4.78 is 55.7. The van der Waals surface area contributed by atoms with Crippen molar-refractivity contribution in [1.29, 1.82) is 0 Å². The fraction of sp³-hybridized carbons (Fsp3) is 0.308. The van der Waals surface area contributed by atoms with Gasteiger partial charge in [0.15, 0.2) is 5.05 Å². The summed E-state index contributed by atoms with van der Waals surface area (Å²) in [6, 6.07) is 2.57. The largest absolute Gasteiger partial charge is 0.477 e. The molecule has 0 unspecified atom stereocenters. The van der Waals surface area contributed by atoms with Gasteiger partial charge in [-0.05, 0) is 36.8 Å². The lowest BCUT2D eigenvalue weighted by Crippen LogP contribution is -2.11. The van der Waals surface area contributed by atoms with E-state index in [2.05, 4.69) is 5.32 Å². The zero-order chi connectivity index (χ0) is 15.6. The number of alkyl halides is 3. The first-order valence-corrected chi connectivity index (χ1v) is 7.28. The highest BCUT2D eigenvalue weighted by Gasteiger charge is 2.27. The van der Waals surface area contributed by atoms with E-state index in [0.717, 1.165) is 0 Å². The van der Waals surface area contributed by atoms with Gasteiger partial charge in [0.1, 0.15) is 12.4 Å². The van der Waals surface area contributed by atoms with Gasteiger partial charge < -0.3 is 10.1 Å². The molecule has 0 spiro atoms. The maximum atomic E-state index is 13.9. The first-order chi connectivity index (χ1) is 9.74. The molecule has 114 valence electrons. The molecule has 2 rings (SSSR count). The second-order valence-corrected chi connectivity index (χ2v) is 5.82. The fourth-order valence-corrected chi connectivity index (χ4v) is 2.69. The Hall–Kier alpha value is -1.28. The lowest BCUT2D eigenvalue weighted by atomic mass is 10.2. The van der Waals surface area contributed by atoms with Crippen LogP contribution in [0.15, 0.2) is 28.8 Å². The summed E-state index contributed by atoms with van der Waals surface area (Å²) >= 11 is 5.44. The van der Waals surface area contributed by atoms with Gasteiger partial charge in [-0.1, -0.05) is 0 Å². The molecule has 8 heteroatoms. The summed E-state index contributed by atoms with van der Waals surface area (Å²) in [7, 11) is 0. The predicted molar refractivity (Wildman–Crippen MR) is 78.2 cm³/mol. The zero-order valence-corrected chi connectivity index (χ0v) is 12.5. The number of anilines is 1. The highest BCUT2D eigenvalue weighted by Crippen LogP contribution is 2.33. The zero-order valence-electron chi connectivity index (χ0n) is 10.9. The summed E-state index contributed by atoms with van der Waals surface area (Å²) in [4.78, 5) is 0.373. The van der Waals surface area contributed by atoms with E-state index in [1.54, 1.807) is 6.92 Å². The van der Waals surface area contributed by atoms with Crippen molar-refractivity contribution < 1.29 is 22.3 Å². The van der Waals surface area contributed by atoms with Gasteiger partial charge in [0, 0.05) is 11.0 Å². The molecule has 0 aromatic heterocycles. The van der Waals surface area contributed by atoms with Crippen LogP contribution >= 0.6 is 24.0 Å². The number of ether oxygens (including phenoxy) is 1. The van der Waals surface area contributed by atoms with Crippen LogP contribution in [0.3, 0.4) is 0 Å².